The Morgan fingerprint density at radius 2 is 2.40 bits per heavy atom. The monoisotopic (exact) mass is 344 g/mol. The van der Waals surface area contributed by atoms with Crippen molar-refractivity contribution in [3.63, 3.8) is 0 Å². The number of benzene rings is 1. The van der Waals surface area contributed by atoms with Crippen molar-refractivity contribution >= 4 is 21.8 Å². The van der Waals surface area contributed by atoms with Crippen molar-refractivity contribution in [3.8, 4) is 5.75 Å². The third kappa shape index (κ3) is 4.18. The second kappa shape index (κ2) is 7.04. The zero-order valence-electron chi connectivity index (χ0n) is 11.4. The lowest BCUT2D eigenvalue weighted by atomic mass is 10.2. The summed E-state index contributed by atoms with van der Waals surface area (Å²) in [4.78, 5) is 13.9. The van der Waals surface area contributed by atoms with Crippen molar-refractivity contribution in [2.75, 3.05) is 26.7 Å². The average Bonchev–Trinajstić information content (AvgIpc) is 2.81. The summed E-state index contributed by atoms with van der Waals surface area (Å²) < 4.78 is 19.3. The summed E-state index contributed by atoms with van der Waals surface area (Å²) in [6, 6.07) is 4.87. The summed E-state index contributed by atoms with van der Waals surface area (Å²) in [5.41, 5.74) is 0. The van der Waals surface area contributed by atoms with Crippen LogP contribution >= 0.6 is 15.9 Å². The van der Waals surface area contributed by atoms with Crippen molar-refractivity contribution in [1.82, 2.24) is 10.2 Å². The summed E-state index contributed by atoms with van der Waals surface area (Å²) >= 11 is 3.16. The fourth-order valence-corrected chi connectivity index (χ4v) is 2.59. The number of nitrogens with one attached hydrogen (secondary N) is 1. The zero-order chi connectivity index (χ0) is 14.5. The van der Waals surface area contributed by atoms with Crippen LogP contribution in [0.1, 0.15) is 12.8 Å². The third-order valence-electron chi connectivity index (χ3n) is 3.46. The van der Waals surface area contributed by atoms with Crippen LogP contribution in [0.4, 0.5) is 4.39 Å². The highest BCUT2D eigenvalue weighted by molar-refractivity contribution is 9.10. The molecule has 0 radical (unpaired) electrons. The molecule has 1 aliphatic heterocycles. The van der Waals surface area contributed by atoms with Gasteiger partial charge in [-0.1, -0.05) is 15.9 Å². The molecule has 20 heavy (non-hydrogen) atoms. The van der Waals surface area contributed by atoms with Gasteiger partial charge in [-0.05, 0) is 44.6 Å². The maximum absolute atomic E-state index is 13.5. The van der Waals surface area contributed by atoms with E-state index in [1.165, 1.54) is 12.1 Å². The van der Waals surface area contributed by atoms with Crippen LogP contribution < -0.4 is 10.1 Å². The Balaban J connectivity index is 1.74. The Labute approximate surface area is 126 Å². The fraction of sp³-hybridized carbons (Fsp3) is 0.500. The normalized spacial score (nSPS) is 19.1. The van der Waals surface area contributed by atoms with E-state index in [0.29, 0.717) is 17.1 Å². The minimum atomic E-state index is -0.484. The van der Waals surface area contributed by atoms with Crippen LogP contribution in [0.2, 0.25) is 0 Å². The van der Waals surface area contributed by atoms with E-state index in [1.54, 1.807) is 6.07 Å². The predicted molar refractivity (Wildman–Crippen MR) is 78.3 cm³/mol. The molecule has 1 atom stereocenters. The van der Waals surface area contributed by atoms with Gasteiger partial charge < -0.3 is 15.0 Å². The van der Waals surface area contributed by atoms with Gasteiger partial charge >= 0.3 is 0 Å². The molecule has 4 nitrogen and oxygen atoms in total. The maximum Gasteiger partial charge on any atom is 0.257 e. The van der Waals surface area contributed by atoms with Gasteiger partial charge in [0.05, 0.1) is 0 Å². The lowest BCUT2D eigenvalue weighted by Crippen LogP contribution is -2.40. The lowest BCUT2D eigenvalue weighted by Gasteiger charge is -2.19. The van der Waals surface area contributed by atoms with Gasteiger partial charge in [-0.15, -0.1) is 0 Å². The number of ether oxygens (including phenoxy) is 1. The van der Waals surface area contributed by atoms with Gasteiger partial charge in [0, 0.05) is 17.1 Å². The van der Waals surface area contributed by atoms with Crippen LogP contribution in [0.5, 0.6) is 5.75 Å². The predicted octanol–water partition coefficient (Wildman–Crippen LogP) is 2.18. The topological polar surface area (TPSA) is 41.6 Å². The number of rotatable bonds is 5. The van der Waals surface area contributed by atoms with Crippen LogP contribution in [-0.4, -0.2) is 43.6 Å². The Hall–Kier alpha value is -1.14. The Morgan fingerprint density at radius 1 is 1.60 bits per heavy atom. The molecule has 2 rings (SSSR count). The number of carbonyl (C=O) groups excluding carboxylic acids is 1. The van der Waals surface area contributed by atoms with Crippen LogP contribution in [0.3, 0.4) is 0 Å². The molecule has 0 bridgehead atoms. The van der Waals surface area contributed by atoms with Gasteiger partial charge in [0.25, 0.3) is 5.91 Å². The smallest absolute Gasteiger partial charge is 0.257 e. The molecule has 1 N–H and O–H groups in total. The van der Waals surface area contributed by atoms with E-state index in [4.69, 9.17) is 4.74 Å². The molecule has 1 unspecified atom stereocenters. The number of nitrogens with zero attached hydrogens (tertiary/aromatic N) is 1. The van der Waals surface area contributed by atoms with Crippen LogP contribution in [-0.2, 0) is 4.79 Å². The first kappa shape index (κ1) is 15.3. The van der Waals surface area contributed by atoms with E-state index >= 15 is 0 Å². The second-order valence-corrected chi connectivity index (χ2v) is 5.86. The number of likely N-dealkylation sites (N-methyl/N-ethyl adjacent to an activating group) is 1. The molecule has 1 aliphatic rings. The molecular weight excluding hydrogens is 327 g/mol. The van der Waals surface area contributed by atoms with E-state index in [2.05, 4.69) is 33.2 Å². The fourth-order valence-electron chi connectivity index (χ4n) is 2.26. The number of amides is 1. The van der Waals surface area contributed by atoms with Gasteiger partial charge in [0.2, 0.25) is 0 Å². The highest BCUT2D eigenvalue weighted by Crippen LogP contribution is 2.21. The largest absolute Gasteiger partial charge is 0.481 e. The standard InChI is InChI=1S/C14H18BrFN2O2/c1-18-6-2-3-11(18)8-17-14(19)9-20-13-5-4-10(15)7-12(13)16/h4-5,7,11H,2-3,6,8-9H2,1H3,(H,17,19). The number of carbonyl (C=O) groups is 1. The van der Waals surface area contributed by atoms with Crippen LogP contribution in [0.25, 0.3) is 0 Å². The maximum atomic E-state index is 13.5. The second-order valence-electron chi connectivity index (χ2n) is 4.94. The summed E-state index contributed by atoms with van der Waals surface area (Å²) in [5, 5.41) is 2.82. The molecule has 1 amide bonds. The first-order valence-corrected chi connectivity index (χ1v) is 7.40. The highest BCUT2D eigenvalue weighted by Gasteiger charge is 2.21. The molecule has 1 heterocycles. The van der Waals surface area contributed by atoms with E-state index in [1.807, 2.05) is 0 Å². The Morgan fingerprint density at radius 3 is 3.05 bits per heavy atom. The molecule has 0 aromatic heterocycles. The first-order valence-electron chi connectivity index (χ1n) is 6.61. The van der Waals surface area contributed by atoms with Crippen molar-refractivity contribution < 1.29 is 13.9 Å². The Bertz CT molecular complexity index is 484. The van der Waals surface area contributed by atoms with Gasteiger partial charge in [0.15, 0.2) is 18.2 Å². The summed E-state index contributed by atoms with van der Waals surface area (Å²) in [5.74, 6) is -0.628. The van der Waals surface area contributed by atoms with Gasteiger partial charge in [-0.25, -0.2) is 4.39 Å². The van der Waals surface area contributed by atoms with Gasteiger partial charge in [-0.3, -0.25) is 4.79 Å². The number of halogens is 2. The van der Waals surface area contributed by atoms with E-state index in [0.717, 1.165) is 19.4 Å². The van der Waals surface area contributed by atoms with Gasteiger partial charge in [-0.2, -0.15) is 0 Å². The minimum Gasteiger partial charge on any atom is -0.481 e. The first-order chi connectivity index (χ1) is 9.56. The average molecular weight is 345 g/mol. The zero-order valence-corrected chi connectivity index (χ0v) is 13.0. The molecule has 0 aliphatic carbocycles. The lowest BCUT2D eigenvalue weighted by molar-refractivity contribution is -0.123. The number of hydrogen-bond acceptors (Lipinski definition) is 3. The molecule has 1 aromatic rings. The quantitative estimate of drug-likeness (QED) is 0.890. The van der Waals surface area contributed by atoms with Crippen molar-refractivity contribution in [3.05, 3.63) is 28.5 Å². The van der Waals surface area contributed by atoms with Crippen molar-refractivity contribution in [2.45, 2.75) is 18.9 Å². The molecule has 110 valence electrons. The van der Waals surface area contributed by atoms with E-state index in [9.17, 15) is 9.18 Å². The number of hydrogen-bond donors (Lipinski definition) is 1. The summed E-state index contributed by atoms with van der Waals surface area (Å²) in [6.07, 6.45) is 2.26. The van der Waals surface area contributed by atoms with Crippen LogP contribution in [0.15, 0.2) is 22.7 Å². The molecule has 1 aromatic carbocycles. The van der Waals surface area contributed by atoms with Crippen molar-refractivity contribution in [1.29, 1.82) is 0 Å². The SMILES string of the molecule is CN1CCCC1CNC(=O)COc1ccc(Br)cc1F. The molecular formula is C14H18BrFN2O2. The molecule has 0 saturated carbocycles. The van der Waals surface area contributed by atoms with E-state index in [-0.39, 0.29) is 18.3 Å². The summed E-state index contributed by atoms with van der Waals surface area (Å²) in [7, 11) is 2.05. The van der Waals surface area contributed by atoms with E-state index < -0.39 is 5.82 Å². The molecule has 6 heteroatoms. The molecule has 1 fully saturated rings. The Kier molecular flexibility index (Phi) is 5.37. The van der Waals surface area contributed by atoms with Crippen molar-refractivity contribution in [2.24, 2.45) is 0 Å². The molecule has 1 saturated heterocycles. The summed E-state index contributed by atoms with van der Waals surface area (Å²) in [6.45, 7) is 1.51. The number of likely N-dealkylation sites (tertiary alicyclic amines) is 1. The van der Waals surface area contributed by atoms with Crippen LogP contribution in [0, 0.1) is 5.82 Å². The third-order valence-corrected chi connectivity index (χ3v) is 3.95. The highest BCUT2D eigenvalue weighted by atomic mass is 79.9. The van der Waals surface area contributed by atoms with Gasteiger partial charge in [0.1, 0.15) is 0 Å². The molecule has 0 spiro atoms. The minimum absolute atomic E-state index is 0.0846.